The fraction of sp³-hybridized carbons (Fsp3) is 0.265. The van der Waals surface area contributed by atoms with Crippen molar-refractivity contribution in [2.75, 3.05) is 13.2 Å². The van der Waals surface area contributed by atoms with Gasteiger partial charge in [0.25, 0.3) is 0 Å². The predicted molar refractivity (Wildman–Crippen MR) is 175 cm³/mol. The number of aliphatic hydroxyl groups is 1. The Hall–Kier alpha value is -5.73. The van der Waals surface area contributed by atoms with E-state index in [1.807, 2.05) is 24.3 Å². The lowest BCUT2D eigenvalue weighted by molar-refractivity contribution is -0.133. The Labute approximate surface area is 275 Å². The maximum atomic E-state index is 14.0. The van der Waals surface area contributed by atoms with E-state index in [9.17, 15) is 39.3 Å². The number of hydrogen-bond donors (Lipinski definition) is 9. The van der Waals surface area contributed by atoms with E-state index >= 15 is 0 Å². The molecule has 10 N–H and O–H groups in total. The predicted octanol–water partition coefficient (Wildman–Crippen LogP) is -0.393. The first-order chi connectivity index (χ1) is 23.1. The fourth-order valence-electron chi connectivity index (χ4n) is 5.07. The van der Waals surface area contributed by atoms with Crippen LogP contribution in [-0.4, -0.2) is 87.5 Å². The van der Waals surface area contributed by atoms with Crippen LogP contribution in [0.2, 0.25) is 0 Å². The summed E-state index contributed by atoms with van der Waals surface area (Å²) < 4.78 is 0. The number of nitrogens with one attached hydrogen (secondary N) is 5. The number of aromatic nitrogens is 1. The van der Waals surface area contributed by atoms with Crippen LogP contribution >= 0.6 is 0 Å². The standard InChI is InChI=1S/C34H37N6O8/c35-16-31(45)38-28(13-20-5-9-24(43)10-6-20)33(47)39-29(14-21-7-11-25(44)12-8-21)34(48)40-30(32(46)37-23(18-41)19-42)15-22-17-36-27-4-2-1-3-26(22)27/h1-12,17,23,28-30,36,41,43-44H,13-16,18,35H2,(H,37,46)(H,38,45)(H,39,47)(H,40,48)/t23-,28-,29-,30-/m0/s1. The number of aliphatic hydroxyl groups excluding tert-OH is 1. The molecule has 251 valence electrons. The molecule has 0 fully saturated rings. The maximum absolute atomic E-state index is 14.0. The van der Waals surface area contributed by atoms with Crippen LogP contribution in [0.1, 0.15) is 16.7 Å². The summed E-state index contributed by atoms with van der Waals surface area (Å²) in [6, 6.07) is 14.3. The molecule has 0 spiro atoms. The highest BCUT2D eigenvalue weighted by molar-refractivity contribution is 5.95. The number of hydrogen-bond acceptors (Lipinski definition) is 9. The molecule has 4 amide bonds. The summed E-state index contributed by atoms with van der Waals surface area (Å²) in [4.78, 5) is 67.7. The van der Waals surface area contributed by atoms with Crippen molar-refractivity contribution >= 4 is 40.8 Å². The van der Waals surface area contributed by atoms with Crippen molar-refractivity contribution in [3.63, 3.8) is 0 Å². The molecule has 4 aromatic rings. The highest BCUT2D eigenvalue weighted by atomic mass is 16.3. The van der Waals surface area contributed by atoms with E-state index in [4.69, 9.17) is 5.73 Å². The van der Waals surface area contributed by atoms with Crippen LogP contribution in [0.15, 0.2) is 79.0 Å². The largest absolute Gasteiger partial charge is 0.508 e. The molecule has 3 aromatic carbocycles. The second-order valence-corrected chi connectivity index (χ2v) is 11.1. The number of aromatic amines is 1. The topological polar surface area (TPSA) is 236 Å². The average molecular weight is 658 g/mol. The zero-order chi connectivity index (χ0) is 34.6. The van der Waals surface area contributed by atoms with E-state index in [0.29, 0.717) is 16.7 Å². The average Bonchev–Trinajstić information content (AvgIpc) is 3.50. The van der Waals surface area contributed by atoms with Gasteiger partial charge in [-0.05, 0) is 47.0 Å². The Morgan fingerprint density at radius 3 is 1.73 bits per heavy atom. The van der Waals surface area contributed by atoms with E-state index < -0.39 is 60.9 Å². The molecular formula is C34H37N6O8. The van der Waals surface area contributed by atoms with Gasteiger partial charge in [-0.15, -0.1) is 0 Å². The number of amides is 4. The number of phenols is 2. The van der Waals surface area contributed by atoms with Crippen molar-refractivity contribution in [1.29, 1.82) is 0 Å². The van der Waals surface area contributed by atoms with E-state index in [1.54, 1.807) is 30.5 Å². The minimum absolute atomic E-state index is 0.00173. The van der Waals surface area contributed by atoms with E-state index in [-0.39, 0.29) is 30.8 Å². The lowest BCUT2D eigenvalue weighted by Gasteiger charge is -2.26. The van der Waals surface area contributed by atoms with Crippen molar-refractivity contribution in [3.8, 4) is 11.5 Å². The molecule has 0 aliphatic rings. The van der Waals surface area contributed by atoms with Gasteiger partial charge in [-0.3, -0.25) is 24.0 Å². The Morgan fingerprint density at radius 2 is 1.21 bits per heavy atom. The van der Waals surface area contributed by atoms with Crippen molar-refractivity contribution in [3.05, 3.63) is 95.7 Å². The van der Waals surface area contributed by atoms with Gasteiger partial charge in [-0.2, -0.15) is 0 Å². The van der Waals surface area contributed by atoms with Crippen LogP contribution < -0.4 is 27.0 Å². The molecule has 0 bridgehead atoms. The first-order valence-electron chi connectivity index (χ1n) is 15.1. The minimum atomic E-state index is -1.33. The summed E-state index contributed by atoms with van der Waals surface area (Å²) >= 11 is 0. The fourth-order valence-corrected chi connectivity index (χ4v) is 5.07. The van der Waals surface area contributed by atoms with Gasteiger partial charge in [-0.25, -0.2) is 0 Å². The van der Waals surface area contributed by atoms with Crippen LogP contribution in [0, 0.1) is 0 Å². The second kappa shape index (κ2) is 16.7. The molecule has 14 heteroatoms. The summed E-state index contributed by atoms with van der Waals surface area (Å²) in [7, 11) is 0. The highest BCUT2D eigenvalue weighted by Crippen LogP contribution is 2.20. The molecule has 4 rings (SSSR count). The van der Waals surface area contributed by atoms with Crippen LogP contribution in [0.25, 0.3) is 10.9 Å². The van der Waals surface area contributed by atoms with E-state index in [0.717, 1.165) is 10.9 Å². The number of benzene rings is 3. The van der Waals surface area contributed by atoms with Crippen LogP contribution in [-0.2, 0) is 43.2 Å². The molecule has 4 atom stereocenters. The van der Waals surface area contributed by atoms with Gasteiger partial charge in [0.05, 0.1) is 13.2 Å². The number of phenolic OH excluding ortho intramolecular Hbond substituents is 2. The maximum Gasteiger partial charge on any atom is 0.243 e. The molecule has 48 heavy (non-hydrogen) atoms. The molecule has 14 nitrogen and oxygen atoms in total. The number of carbonyl (C=O) groups is 4. The molecule has 1 radical (unpaired) electrons. The van der Waals surface area contributed by atoms with Gasteiger partial charge < -0.3 is 47.3 Å². The summed E-state index contributed by atoms with van der Waals surface area (Å²) in [5, 5.41) is 40.0. The molecule has 0 saturated heterocycles. The lowest BCUT2D eigenvalue weighted by atomic mass is 10.0. The molecular weight excluding hydrogens is 620 g/mol. The number of rotatable bonds is 16. The third-order valence-corrected chi connectivity index (χ3v) is 7.60. The summed E-state index contributed by atoms with van der Waals surface area (Å²) in [5.41, 5.74) is 8.12. The first-order valence-corrected chi connectivity index (χ1v) is 15.1. The van der Waals surface area contributed by atoms with Crippen LogP contribution in [0.4, 0.5) is 0 Å². The van der Waals surface area contributed by atoms with Crippen molar-refractivity contribution < 1.29 is 39.3 Å². The number of H-pyrrole nitrogens is 1. The second-order valence-electron chi connectivity index (χ2n) is 11.1. The molecule has 1 heterocycles. The Balaban J connectivity index is 1.63. The molecule has 0 aliphatic heterocycles. The summed E-state index contributed by atoms with van der Waals surface area (Å²) in [6.45, 7) is -1.10. The Kier molecular flexibility index (Phi) is 12.2. The summed E-state index contributed by atoms with van der Waals surface area (Å²) in [5.74, 6) is -2.87. The zero-order valence-corrected chi connectivity index (χ0v) is 25.8. The molecule has 0 saturated carbocycles. The lowest BCUT2D eigenvalue weighted by Crippen LogP contribution is -2.59. The Morgan fingerprint density at radius 1 is 0.708 bits per heavy atom. The van der Waals surface area contributed by atoms with Gasteiger partial charge in [0.1, 0.15) is 35.7 Å². The van der Waals surface area contributed by atoms with Crippen molar-refractivity contribution in [2.45, 2.75) is 43.4 Å². The molecule has 0 unspecified atom stereocenters. The highest BCUT2D eigenvalue weighted by Gasteiger charge is 2.31. The zero-order valence-electron chi connectivity index (χ0n) is 25.8. The van der Waals surface area contributed by atoms with Crippen molar-refractivity contribution in [1.82, 2.24) is 26.3 Å². The third-order valence-electron chi connectivity index (χ3n) is 7.60. The number of para-hydroxylation sites is 1. The van der Waals surface area contributed by atoms with E-state index in [1.165, 1.54) is 30.6 Å². The van der Waals surface area contributed by atoms with Gasteiger partial charge in [-0.1, -0.05) is 42.5 Å². The number of carbonyl (C=O) groups excluding carboxylic acids is 5. The number of fused-ring (bicyclic) bond motifs is 1. The van der Waals surface area contributed by atoms with Crippen molar-refractivity contribution in [2.24, 2.45) is 5.73 Å². The van der Waals surface area contributed by atoms with Gasteiger partial charge >= 0.3 is 0 Å². The van der Waals surface area contributed by atoms with Crippen LogP contribution in [0.3, 0.4) is 0 Å². The minimum Gasteiger partial charge on any atom is -0.508 e. The SMILES string of the molecule is NCC(=O)N[C@@H](Cc1ccc(O)cc1)C(=O)N[C@@H](Cc1ccc(O)cc1)C(=O)N[C@@H](Cc1c[nH]c2ccccc12)C(=O)N[C@H]([C]=O)CO. The van der Waals surface area contributed by atoms with Crippen LogP contribution in [0.5, 0.6) is 11.5 Å². The summed E-state index contributed by atoms with van der Waals surface area (Å²) in [6.07, 6.45) is 3.14. The number of aromatic hydroxyl groups is 2. The van der Waals surface area contributed by atoms with Gasteiger partial charge in [0.15, 0.2) is 0 Å². The molecule has 0 aliphatic carbocycles. The number of nitrogens with two attached hydrogens (primary N) is 1. The third kappa shape index (κ3) is 9.64. The first kappa shape index (κ1) is 35.1. The monoisotopic (exact) mass is 657 g/mol. The van der Waals surface area contributed by atoms with Gasteiger partial charge in [0, 0.05) is 36.4 Å². The quantitative estimate of drug-likeness (QED) is 0.0762. The Bertz CT molecular complexity index is 1720. The van der Waals surface area contributed by atoms with E-state index in [2.05, 4.69) is 26.3 Å². The smallest absolute Gasteiger partial charge is 0.243 e. The normalized spacial score (nSPS) is 13.5. The van der Waals surface area contributed by atoms with Gasteiger partial charge in [0.2, 0.25) is 29.9 Å². The molecule has 1 aromatic heterocycles.